The Bertz CT molecular complexity index is 1060. The quantitative estimate of drug-likeness (QED) is 0.538. The number of hydrogen-bond donors (Lipinski definition) is 1. The first-order valence-electron chi connectivity index (χ1n) is 8.55. The topological polar surface area (TPSA) is 92.9 Å². The number of anilines is 1. The summed E-state index contributed by atoms with van der Waals surface area (Å²) in [4.78, 5) is 2.08. The Hall–Kier alpha value is -3.08. The van der Waals surface area contributed by atoms with Crippen LogP contribution < -0.4 is 19.7 Å². The van der Waals surface area contributed by atoms with Crippen molar-refractivity contribution in [1.82, 2.24) is 5.32 Å². The van der Waals surface area contributed by atoms with E-state index in [1.54, 1.807) is 36.4 Å². The number of nitrogens with zero attached hydrogens (tertiary/aromatic N) is 4. The standard InChI is InChI=1S/C19H16ClN5O2/c20-14-10-16-17(11-15(14)23-8-6-22-7-9-23)25(27)19(18(12-21)24(16)26)13-4-2-1-3-5-13/h1-5,10-11,22H,6-9H2. The molecular formula is C19H16ClN5O2. The molecule has 0 spiro atoms. The van der Waals surface area contributed by atoms with Crippen LogP contribution in [0, 0.1) is 21.7 Å². The summed E-state index contributed by atoms with van der Waals surface area (Å²) in [5.41, 5.74) is 1.25. The van der Waals surface area contributed by atoms with E-state index in [0.29, 0.717) is 25.7 Å². The van der Waals surface area contributed by atoms with Crippen LogP contribution in [-0.4, -0.2) is 26.2 Å². The summed E-state index contributed by atoms with van der Waals surface area (Å²) in [7, 11) is 0. The number of nitriles is 1. The molecule has 4 rings (SSSR count). The predicted octanol–water partition coefficient (Wildman–Crippen LogP) is 1.71. The van der Waals surface area contributed by atoms with Gasteiger partial charge in [0.05, 0.1) is 16.3 Å². The SMILES string of the molecule is N#Cc1c(-c2ccccc2)[n+]([O-])c2cc(N3CCNCC3)c(Cl)cc2[n+]1[O-]. The number of aromatic nitrogens is 2. The molecule has 1 aromatic heterocycles. The zero-order chi connectivity index (χ0) is 19.0. The second-order valence-corrected chi connectivity index (χ2v) is 6.70. The summed E-state index contributed by atoms with van der Waals surface area (Å²) in [5, 5.41) is 39.1. The van der Waals surface area contributed by atoms with Gasteiger partial charge in [0.25, 0.3) is 11.0 Å². The van der Waals surface area contributed by atoms with Crippen molar-refractivity contribution in [2.45, 2.75) is 0 Å². The molecule has 2 aromatic carbocycles. The molecule has 1 aliphatic heterocycles. The molecule has 1 saturated heterocycles. The second kappa shape index (κ2) is 6.91. The van der Waals surface area contributed by atoms with Crippen molar-refractivity contribution >= 4 is 28.3 Å². The zero-order valence-corrected chi connectivity index (χ0v) is 15.1. The summed E-state index contributed by atoms with van der Waals surface area (Å²) in [6.45, 7) is 3.14. The van der Waals surface area contributed by atoms with E-state index < -0.39 is 0 Å². The lowest BCUT2D eigenvalue weighted by molar-refractivity contribution is -0.622. The van der Waals surface area contributed by atoms with Crippen LogP contribution in [-0.2, 0) is 0 Å². The molecule has 0 amide bonds. The van der Waals surface area contributed by atoms with Gasteiger partial charge in [0.1, 0.15) is 0 Å². The van der Waals surface area contributed by atoms with Gasteiger partial charge in [0.2, 0.25) is 0 Å². The first kappa shape index (κ1) is 17.3. The minimum atomic E-state index is -0.255. The van der Waals surface area contributed by atoms with Crippen molar-refractivity contribution in [2.24, 2.45) is 0 Å². The lowest BCUT2D eigenvalue weighted by Gasteiger charge is -2.30. The van der Waals surface area contributed by atoms with Crippen molar-refractivity contribution in [3.63, 3.8) is 0 Å². The Morgan fingerprint density at radius 3 is 2.37 bits per heavy atom. The molecule has 0 aliphatic carbocycles. The molecule has 27 heavy (non-hydrogen) atoms. The fourth-order valence-corrected chi connectivity index (χ4v) is 3.67. The van der Waals surface area contributed by atoms with Crippen molar-refractivity contribution in [3.8, 4) is 17.3 Å². The van der Waals surface area contributed by atoms with Crippen LogP contribution in [0.5, 0.6) is 0 Å². The second-order valence-electron chi connectivity index (χ2n) is 6.29. The molecule has 2 heterocycles. The van der Waals surface area contributed by atoms with E-state index >= 15 is 0 Å². The van der Waals surface area contributed by atoms with Gasteiger partial charge < -0.3 is 20.6 Å². The maximum atomic E-state index is 13.1. The number of halogens is 1. The van der Waals surface area contributed by atoms with Gasteiger partial charge in [-0.1, -0.05) is 29.8 Å². The lowest BCUT2D eigenvalue weighted by atomic mass is 10.1. The number of benzene rings is 2. The van der Waals surface area contributed by atoms with Crippen molar-refractivity contribution in [2.75, 3.05) is 31.1 Å². The third-order valence-corrected chi connectivity index (χ3v) is 5.03. The minimum absolute atomic E-state index is 0.0363. The molecule has 8 heteroatoms. The molecule has 7 nitrogen and oxygen atoms in total. The zero-order valence-electron chi connectivity index (χ0n) is 14.4. The van der Waals surface area contributed by atoms with Crippen LogP contribution in [0.1, 0.15) is 5.69 Å². The molecule has 1 fully saturated rings. The highest BCUT2D eigenvalue weighted by atomic mass is 35.5. The molecule has 136 valence electrons. The average Bonchev–Trinajstić information content (AvgIpc) is 2.71. The van der Waals surface area contributed by atoms with Crippen molar-refractivity contribution in [1.29, 1.82) is 5.26 Å². The third-order valence-electron chi connectivity index (χ3n) is 4.72. The molecule has 3 aromatic rings. The first-order chi connectivity index (χ1) is 13.1. The van der Waals surface area contributed by atoms with E-state index in [2.05, 4.69) is 10.2 Å². The summed E-state index contributed by atoms with van der Waals surface area (Å²) >= 11 is 6.40. The molecule has 1 N–H and O–H groups in total. The number of rotatable bonds is 2. The predicted molar refractivity (Wildman–Crippen MR) is 102 cm³/mol. The third kappa shape index (κ3) is 2.89. The fourth-order valence-electron chi connectivity index (χ4n) is 3.40. The van der Waals surface area contributed by atoms with Gasteiger partial charge >= 0.3 is 11.4 Å². The average molecular weight is 382 g/mol. The van der Waals surface area contributed by atoms with Crippen LogP contribution >= 0.6 is 11.6 Å². The maximum absolute atomic E-state index is 13.1. The number of piperazine rings is 1. The van der Waals surface area contributed by atoms with Crippen LogP contribution in [0.2, 0.25) is 5.02 Å². The summed E-state index contributed by atoms with van der Waals surface area (Å²) < 4.78 is 1.14. The van der Waals surface area contributed by atoms with Crippen LogP contribution in [0.15, 0.2) is 42.5 Å². The molecule has 1 aliphatic rings. The molecular weight excluding hydrogens is 366 g/mol. The Kier molecular flexibility index (Phi) is 4.44. The highest BCUT2D eigenvalue weighted by Gasteiger charge is 2.31. The Morgan fingerprint density at radius 1 is 1.04 bits per heavy atom. The van der Waals surface area contributed by atoms with E-state index in [4.69, 9.17) is 11.6 Å². The van der Waals surface area contributed by atoms with Gasteiger partial charge in [-0.05, 0) is 12.1 Å². The summed E-state index contributed by atoms with van der Waals surface area (Å²) in [5.74, 6) is 0. The molecule has 0 atom stereocenters. The van der Waals surface area contributed by atoms with Gasteiger partial charge in [-0.3, -0.25) is 0 Å². The summed E-state index contributed by atoms with van der Waals surface area (Å²) in [6, 6.07) is 13.7. The number of hydrogen-bond acceptors (Lipinski definition) is 5. The number of fused-ring (bicyclic) bond motifs is 1. The van der Waals surface area contributed by atoms with Crippen LogP contribution in [0.3, 0.4) is 0 Å². The van der Waals surface area contributed by atoms with E-state index in [0.717, 1.165) is 26.2 Å². The molecule has 0 saturated carbocycles. The highest BCUT2D eigenvalue weighted by Crippen LogP contribution is 2.30. The van der Waals surface area contributed by atoms with Crippen molar-refractivity contribution < 1.29 is 9.46 Å². The Labute approximate surface area is 160 Å². The smallest absolute Gasteiger partial charge is 0.369 e. The van der Waals surface area contributed by atoms with Gasteiger partial charge in [0, 0.05) is 38.3 Å². The van der Waals surface area contributed by atoms with Crippen LogP contribution in [0.4, 0.5) is 5.69 Å². The minimum Gasteiger partial charge on any atom is -0.617 e. The van der Waals surface area contributed by atoms with Crippen LogP contribution in [0.25, 0.3) is 22.3 Å². The van der Waals surface area contributed by atoms with E-state index in [9.17, 15) is 15.7 Å². The van der Waals surface area contributed by atoms with E-state index in [1.807, 2.05) is 6.07 Å². The highest BCUT2D eigenvalue weighted by molar-refractivity contribution is 6.34. The molecule has 0 unspecified atom stereocenters. The number of nitrogens with one attached hydrogen (secondary N) is 1. The Balaban J connectivity index is 2.01. The van der Waals surface area contributed by atoms with E-state index in [-0.39, 0.29) is 22.4 Å². The summed E-state index contributed by atoms with van der Waals surface area (Å²) in [6.07, 6.45) is 0. The maximum Gasteiger partial charge on any atom is 0.369 e. The van der Waals surface area contributed by atoms with E-state index in [1.165, 1.54) is 6.07 Å². The van der Waals surface area contributed by atoms with Gasteiger partial charge in [-0.15, -0.1) is 4.73 Å². The lowest BCUT2D eigenvalue weighted by Crippen LogP contribution is -2.45. The van der Waals surface area contributed by atoms with Gasteiger partial charge in [0.15, 0.2) is 6.07 Å². The molecule has 0 radical (unpaired) electrons. The fraction of sp³-hybridized carbons (Fsp3) is 0.211. The normalized spacial score (nSPS) is 14.3. The monoisotopic (exact) mass is 381 g/mol. The molecule has 0 bridgehead atoms. The van der Waals surface area contributed by atoms with Crippen molar-refractivity contribution in [3.05, 3.63) is 63.6 Å². The largest absolute Gasteiger partial charge is 0.617 e. The first-order valence-corrected chi connectivity index (χ1v) is 8.93. The van der Waals surface area contributed by atoms with Gasteiger partial charge in [-0.25, -0.2) is 0 Å². The Morgan fingerprint density at radius 2 is 1.70 bits per heavy atom. The van der Waals surface area contributed by atoms with Gasteiger partial charge in [-0.2, -0.15) is 9.99 Å².